The van der Waals surface area contributed by atoms with Crippen LogP contribution in [-0.4, -0.2) is 29.8 Å². The first-order chi connectivity index (χ1) is 5.68. The van der Waals surface area contributed by atoms with Gasteiger partial charge in [-0.25, -0.2) is 4.79 Å². The normalized spacial score (nSPS) is 13.5. The molecule has 74 valence electrons. The van der Waals surface area contributed by atoms with Gasteiger partial charge in [0.2, 0.25) is 0 Å². The highest BCUT2D eigenvalue weighted by Gasteiger charge is 2.24. The van der Waals surface area contributed by atoms with Gasteiger partial charge < -0.3 is 5.11 Å². The summed E-state index contributed by atoms with van der Waals surface area (Å²) < 4.78 is 29.6. The third kappa shape index (κ3) is 2.96. The molecule has 6 nitrogen and oxygen atoms in total. The minimum atomic E-state index is -4.76. The Labute approximate surface area is 74.6 Å². The summed E-state index contributed by atoms with van der Waals surface area (Å²) in [6.07, 6.45) is 0. The van der Waals surface area contributed by atoms with Crippen LogP contribution in [0.1, 0.15) is 13.8 Å². The van der Waals surface area contributed by atoms with Crippen LogP contribution in [0.3, 0.4) is 0 Å². The Morgan fingerprint density at radius 3 is 1.62 bits per heavy atom. The van der Waals surface area contributed by atoms with Crippen LogP contribution in [0.4, 0.5) is 0 Å². The van der Waals surface area contributed by atoms with Crippen molar-refractivity contribution in [3.63, 3.8) is 0 Å². The van der Waals surface area contributed by atoms with Crippen molar-refractivity contribution in [3.8, 4) is 0 Å². The average Bonchev–Trinajstić information content (AvgIpc) is 1.82. The lowest BCUT2D eigenvalue weighted by Gasteiger charge is -2.01. The van der Waals surface area contributed by atoms with Crippen molar-refractivity contribution in [3.05, 3.63) is 10.5 Å². The molecule has 0 radical (unpaired) electrons. The van der Waals surface area contributed by atoms with Gasteiger partial charge in [-0.15, -0.1) is 0 Å². The van der Waals surface area contributed by atoms with Gasteiger partial charge in [0.15, 0.2) is 5.78 Å². The summed E-state index contributed by atoms with van der Waals surface area (Å²) in [6.45, 7) is 1.78. The molecule has 0 aromatic carbocycles. The molecular weight excluding hydrogens is 200 g/mol. The van der Waals surface area contributed by atoms with Crippen LogP contribution in [0.15, 0.2) is 10.5 Å². The van der Waals surface area contributed by atoms with Gasteiger partial charge in [-0.1, -0.05) is 0 Å². The Morgan fingerprint density at radius 1 is 1.15 bits per heavy atom. The van der Waals surface area contributed by atoms with Crippen molar-refractivity contribution in [1.82, 2.24) is 0 Å². The Hall–Kier alpha value is -1.21. The number of aliphatic carboxylic acids is 1. The standard InChI is InChI=1S/C6H8O6S/c1-3(6(8)9)5(4(2)7)13(10,11)12/h1-2H3,(H,8,9)(H,10,11,12). The van der Waals surface area contributed by atoms with E-state index in [9.17, 15) is 18.0 Å². The molecule has 0 unspecified atom stereocenters. The third-order valence-electron chi connectivity index (χ3n) is 1.24. The van der Waals surface area contributed by atoms with E-state index >= 15 is 0 Å². The van der Waals surface area contributed by atoms with Gasteiger partial charge in [0.25, 0.3) is 10.1 Å². The zero-order valence-corrected chi connectivity index (χ0v) is 7.75. The van der Waals surface area contributed by atoms with Crippen molar-refractivity contribution in [1.29, 1.82) is 0 Å². The highest BCUT2D eigenvalue weighted by atomic mass is 32.2. The van der Waals surface area contributed by atoms with E-state index in [4.69, 9.17) is 9.66 Å². The van der Waals surface area contributed by atoms with E-state index in [0.717, 1.165) is 13.8 Å². The van der Waals surface area contributed by atoms with Gasteiger partial charge in [-0.3, -0.25) is 9.35 Å². The van der Waals surface area contributed by atoms with Crippen LogP contribution >= 0.6 is 0 Å². The molecule has 13 heavy (non-hydrogen) atoms. The fourth-order valence-electron chi connectivity index (χ4n) is 0.736. The molecule has 0 aliphatic heterocycles. The molecule has 0 spiro atoms. The highest BCUT2D eigenvalue weighted by molar-refractivity contribution is 7.90. The molecule has 0 bridgehead atoms. The van der Waals surface area contributed by atoms with E-state index < -0.39 is 32.3 Å². The number of carbonyl (C=O) groups is 2. The zero-order chi connectivity index (χ0) is 10.8. The smallest absolute Gasteiger partial charge is 0.332 e. The number of hydrogen-bond donors (Lipinski definition) is 2. The predicted molar refractivity (Wildman–Crippen MR) is 42.6 cm³/mol. The fourth-order valence-corrected chi connectivity index (χ4v) is 1.57. The Morgan fingerprint density at radius 2 is 1.54 bits per heavy atom. The van der Waals surface area contributed by atoms with Crippen molar-refractivity contribution in [2.24, 2.45) is 0 Å². The molecule has 0 aliphatic carbocycles. The second-order valence-electron chi connectivity index (χ2n) is 2.29. The molecule has 7 heteroatoms. The van der Waals surface area contributed by atoms with Crippen molar-refractivity contribution in [2.75, 3.05) is 0 Å². The lowest BCUT2D eigenvalue weighted by atomic mass is 10.2. The third-order valence-corrected chi connectivity index (χ3v) is 2.35. The van der Waals surface area contributed by atoms with Gasteiger partial charge >= 0.3 is 5.97 Å². The molecule has 0 rings (SSSR count). The van der Waals surface area contributed by atoms with Gasteiger partial charge in [0.1, 0.15) is 4.91 Å². The van der Waals surface area contributed by atoms with E-state index in [2.05, 4.69) is 0 Å². The van der Waals surface area contributed by atoms with Crippen molar-refractivity contribution < 1.29 is 27.7 Å². The number of carboxylic acid groups (broad SMARTS) is 1. The van der Waals surface area contributed by atoms with Crippen molar-refractivity contribution in [2.45, 2.75) is 13.8 Å². The van der Waals surface area contributed by atoms with Crippen LogP contribution in [0.25, 0.3) is 0 Å². The molecule has 0 heterocycles. The number of rotatable bonds is 3. The first-order valence-electron chi connectivity index (χ1n) is 3.10. The molecule has 0 atom stereocenters. The first kappa shape index (κ1) is 11.8. The van der Waals surface area contributed by atoms with Gasteiger partial charge in [-0.2, -0.15) is 8.42 Å². The monoisotopic (exact) mass is 208 g/mol. The Balaban J connectivity index is 5.69. The number of allylic oxidation sites excluding steroid dienone is 1. The van der Waals surface area contributed by atoms with E-state index in [1.807, 2.05) is 0 Å². The second kappa shape index (κ2) is 3.67. The largest absolute Gasteiger partial charge is 0.478 e. The van der Waals surface area contributed by atoms with E-state index in [1.54, 1.807) is 0 Å². The lowest BCUT2D eigenvalue weighted by Crippen LogP contribution is -2.15. The Bertz CT molecular complexity index is 374. The molecule has 0 saturated carbocycles. The van der Waals surface area contributed by atoms with Crippen LogP contribution in [-0.2, 0) is 19.7 Å². The highest BCUT2D eigenvalue weighted by Crippen LogP contribution is 2.12. The number of carboxylic acids is 1. The first-order valence-corrected chi connectivity index (χ1v) is 4.54. The molecule has 2 N–H and O–H groups in total. The van der Waals surface area contributed by atoms with E-state index in [0.29, 0.717) is 0 Å². The predicted octanol–water partition coefficient (Wildman–Crippen LogP) is -0.178. The lowest BCUT2D eigenvalue weighted by molar-refractivity contribution is -0.132. The quantitative estimate of drug-likeness (QED) is 0.492. The number of Topliss-reactive ketones (excluding diaryl/α,β-unsaturated/α-hetero) is 1. The summed E-state index contributed by atoms with van der Waals surface area (Å²) in [5.74, 6) is -2.58. The number of carbonyl (C=O) groups excluding carboxylic acids is 1. The zero-order valence-electron chi connectivity index (χ0n) is 6.94. The fraction of sp³-hybridized carbons (Fsp3) is 0.333. The maximum Gasteiger partial charge on any atom is 0.332 e. The van der Waals surface area contributed by atoms with Gasteiger partial charge in [-0.05, 0) is 13.8 Å². The SMILES string of the molecule is CC(=O)C(=C(C)C(=O)O)S(=O)(=O)O. The van der Waals surface area contributed by atoms with E-state index in [1.165, 1.54) is 0 Å². The van der Waals surface area contributed by atoms with Crippen LogP contribution < -0.4 is 0 Å². The molecule has 0 saturated heterocycles. The minimum Gasteiger partial charge on any atom is -0.478 e. The molecular formula is C6H8O6S. The summed E-state index contributed by atoms with van der Waals surface area (Å²) in [7, 11) is -4.76. The molecule has 0 aromatic rings. The maximum absolute atomic E-state index is 10.7. The Kier molecular flexibility index (Phi) is 3.33. The van der Waals surface area contributed by atoms with Crippen LogP contribution in [0.5, 0.6) is 0 Å². The molecule has 0 aliphatic rings. The average molecular weight is 208 g/mol. The van der Waals surface area contributed by atoms with Gasteiger partial charge in [0.05, 0.1) is 5.57 Å². The van der Waals surface area contributed by atoms with Crippen LogP contribution in [0, 0.1) is 0 Å². The molecule has 0 aromatic heterocycles. The summed E-state index contributed by atoms with van der Waals surface area (Å²) in [4.78, 5) is 19.9. The summed E-state index contributed by atoms with van der Waals surface area (Å²) in [6, 6.07) is 0. The maximum atomic E-state index is 10.7. The number of ketones is 1. The topological polar surface area (TPSA) is 109 Å². The van der Waals surface area contributed by atoms with Crippen LogP contribution in [0.2, 0.25) is 0 Å². The van der Waals surface area contributed by atoms with Gasteiger partial charge in [0, 0.05) is 0 Å². The summed E-state index contributed by atoms with van der Waals surface area (Å²) in [5, 5.41) is 8.38. The summed E-state index contributed by atoms with van der Waals surface area (Å²) >= 11 is 0. The molecule has 0 amide bonds. The number of hydrogen-bond acceptors (Lipinski definition) is 4. The minimum absolute atomic E-state index is 0.699. The summed E-state index contributed by atoms with van der Waals surface area (Å²) in [5.41, 5.74) is -0.699. The molecule has 0 fully saturated rings. The second-order valence-corrected chi connectivity index (χ2v) is 3.65. The van der Waals surface area contributed by atoms with E-state index in [-0.39, 0.29) is 0 Å². The van der Waals surface area contributed by atoms with Crippen molar-refractivity contribution >= 4 is 21.9 Å².